The van der Waals surface area contributed by atoms with Gasteiger partial charge in [-0.25, -0.2) is 0 Å². The molecular weight excluding hydrogens is 184 g/mol. The molecule has 0 aromatic heterocycles. The van der Waals surface area contributed by atoms with Crippen molar-refractivity contribution in [2.45, 2.75) is 52.1 Å². The van der Waals surface area contributed by atoms with Gasteiger partial charge in [-0.15, -0.1) is 0 Å². The predicted octanol–water partition coefficient (Wildman–Crippen LogP) is 2.35. The summed E-state index contributed by atoms with van der Waals surface area (Å²) in [6.45, 7) is 8.22. The normalized spacial score (nSPS) is 34.4. The third-order valence-electron chi connectivity index (χ3n) is 3.57. The molecule has 2 nitrogen and oxygen atoms in total. The molecule has 0 aromatic carbocycles. The van der Waals surface area contributed by atoms with Gasteiger partial charge in [0.15, 0.2) is 0 Å². The SMILES string of the molecule is CC1CCC(NC(C)CN(C)C)C(C)C1. The Morgan fingerprint density at radius 1 is 1.27 bits per heavy atom. The zero-order valence-corrected chi connectivity index (χ0v) is 11.1. The molecule has 4 atom stereocenters. The summed E-state index contributed by atoms with van der Waals surface area (Å²) in [5.41, 5.74) is 0. The lowest BCUT2D eigenvalue weighted by Crippen LogP contribution is -2.46. The molecule has 4 unspecified atom stereocenters. The van der Waals surface area contributed by atoms with E-state index >= 15 is 0 Å². The second-order valence-corrected chi connectivity index (χ2v) is 5.83. The van der Waals surface area contributed by atoms with Gasteiger partial charge in [-0.3, -0.25) is 0 Å². The molecule has 0 spiro atoms. The van der Waals surface area contributed by atoms with Crippen LogP contribution >= 0.6 is 0 Å². The van der Waals surface area contributed by atoms with Gasteiger partial charge < -0.3 is 10.2 Å². The molecule has 0 bridgehead atoms. The molecule has 1 aliphatic carbocycles. The molecule has 0 amide bonds. The highest BCUT2D eigenvalue weighted by Gasteiger charge is 2.25. The number of hydrogen-bond acceptors (Lipinski definition) is 2. The standard InChI is InChI=1S/C13H28N2/c1-10-6-7-13(11(2)8-10)14-12(3)9-15(4)5/h10-14H,6-9H2,1-5H3. The van der Waals surface area contributed by atoms with Gasteiger partial charge in [0, 0.05) is 18.6 Å². The highest BCUT2D eigenvalue weighted by molar-refractivity contribution is 4.83. The molecule has 1 rings (SSSR count). The Labute approximate surface area is 95.4 Å². The van der Waals surface area contributed by atoms with E-state index in [-0.39, 0.29) is 0 Å². The maximum atomic E-state index is 3.78. The van der Waals surface area contributed by atoms with E-state index in [0.717, 1.165) is 24.4 Å². The Hall–Kier alpha value is -0.0800. The van der Waals surface area contributed by atoms with Crippen LogP contribution in [-0.2, 0) is 0 Å². The summed E-state index contributed by atoms with van der Waals surface area (Å²) in [7, 11) is 4.29. The smallest absolute Gasteiger partial charge is 0.0169 e. The summed E-state index contributed by atoms with van der Waals surface area (Å²) >= 11 is 0. The Morgan fingerprint density at radius 3 is 2.47 bits per heavy atom. The first-order valence-corrected chi connectivity index (χ1v) is 6.39. The van der Waals surface area contributed by atoms with E-state index in [2.05, 4.69) is 45.1 Å². The maximum Gasteiger partial charge on any atom is 0.0169 e. The van der Waals surface area contributed by atoms with Crippen LogP contribution in [-0.4, -0.2) is 37.6 Å². The largest absolute Gasteiger partial charge is 0.310 e. The quantitative estimate of drug-likeness (QED) is 0.769. The molecular formula is C13H28N2. The van der Waals surface area contributed by atoms with Crippen molar-refractivity contribution in [1.82, 2.24) is 10.2 Å². The second kappa shape index (κ2) is 5.86. The molecule has 90 valence electrons. The summed E-state index contributed by atoms with van der Waals surface area (Å²) in [6, 6.07) is 1.36. The third kappa shape index (κ3) is 4.52. The van der Waals surface area contributed by atoms with Crippen LogP contribution in [0.25, 0.3) is 0 Å². The van der Waals surface area contributed by atoms with Crippen molar-refractivity contribution in [2.75, 3.05) is 20.6 Å². The molecule has 0 aliphatic heterocycles. The third-order valence-corrected chi connectivity index (χ3v) is 3.57. The average molecular weight is 212 g/mol. The number of rotatable bonds is 4. The van der Waals surface area contributed by atoms with Gasteiger partial charge in [-0.1, -0.05) is 13.8 Å². The van der Waals surface area contributed by atoms with E-state index in [9.17, 15) is 0 Å². The van der Waals surface area contributed by atoms with Crippen LogP contribution in [0.4, 0.5) is 0 Å². The fourth-order valence-corrected chi connectivity index (χ4v) is 2.88. The molecule has 15 heavy (non-hydrogen) atoms. The summed E-state index contributed by atoms with van der Waals surface area (Å²) in [5.74, 6) is 1.78. The molecule has 1 fully saturated rings. The fraction of sp³-hybridized carbons (Fsp3) is 1.00. The molecule has 1 aliphatic rings. The summed E-state index contributed by atoms with van der Waals surface area (Å²) in [4.78, 5) is 2.26. The van der Waals surface area contributed by atoms with Crippen LogP contribution < -0.4 is 5.32 Å². The van der Waals surface area contributed by atoms with Gasteiger partial charge in [-0.05, 0) is 52.1 Å². The van der Waals surface area contributed by atoms with E-state index in [1.807, 2.05) is 0 Å². The molecule has 0 radical (unpaired) electrons. The molecule has 0 heterocycles. The van der Waals surface area contributed by atoms with Gasteiger partial charge in [0.2, 0.25) is 0 Å². The van der Waals surface area contributed by atoms with E-state index in [0.29, 0.717) is 6.04 Å². The topological polar surface area (TPSA) is 15.3 Å². The minimum Gasteiger partial charge on any atom is -0.310 e. The van der Waals surface area contributed by atoms with Crippen molar-refractivity contribution in [3.63, 3.8) is 0 Å². The van der Waals surface area contributed by atoms with Crippen molar-refractivity contribution in [3.8, 4) is 0 Å². The zero-order chi connectivity index (χ0) is 11.4. The number of nitrogens with zero attached hydrogens (tertiary/aromatic N) is 1. The fourth-order valence-electron chi connectivity index (χ4n) is 2.88. The first-order chi connectivity index (χ1) is 6.99. The zero-order valence-electron chi connectivity index (χ0n) is 11.1. The van der Waals surface area contributed by atoms with Gasteiger partial charge in [0.25, 0.3) is 0 Å². The van der Waals surface area contributed by atoms with Crippen LogP contribution in [0.5, 0.6) is 0 Å². The van der Waals surface area contributed by atoms with Gasteiger partial charge >= 0.3 is 0 Å². The molecule has 1 saturated carbocycles. The first kappa shape index (κ1) is 13.0. The average Bonchev–Trinajstić information content (AvgIpc) is 2.08. The van der Waals surface area contributed by atoms with Crippen molar-refractivity contribution < 1.29 is 0 Å². The first-order valence-electron chi connectivity index (χ1n) is 6.39. The van der Waals surface area contributed by atoms with Crippen molar-refractivity contribution in [2.24, 2.45) is 11.8 Å². The minimum atomic E-state index is 0.612. The highest BCUT2D eigenvalue weighted by Crippen LogP contribution is 2.28. The Bertz CT molecular complexity index is 179. The lowest BCUT2D eigenvalue weighted by Gasteiger charge is -2.35. The Balaban J connectivity index is 2.31. The predicted molar refractivity (Wildman–Crippen MR) is 67.1 cm³/mol. The van der Waals surface area contributed by atoms with Gasteiger partial charge in [0.05, 0.1) is 0 Å². The number of hydrogen-bond donors (Lipinski definition) is 1. The minimum absolute atomic E-state index is 0.612. The highest BCUT2D eigenvalue weighted by atomic mass is 15.1. The lowest BCUT2D eigenvalue weighted by atomic mass is 9.79. The van der Waals surface area contributed by atoms with Crippen LogP contribution in [0.3, 0.4) is 0 Å². The molecule has 2 heteroatoms. The van der Waals surface area contributed by atoms with Crippen molar-refractivity contribution in [3.05, 3.63) is 0 Å². The van der Waals surface area contributed by atoms with E-state index in [1.54, 1.807) is 0 Å². The van der Waals surface area contributed by atoms with Gasteiger partial charge in [-0.2, -0.15) is 0 Å². The number of likely N-dealkylation sites (N-methyl/N-ethyl adjacent to an activating group) is 1. The van der Waals surface area contributed by atoms with E-state index < -0.39 is 0 Å². The molecule has 0 aromatic rings. The van der Waals surface area contributed by atoms with Gasteiger partial charge in [0.1, 0.15) is 0 Å². The number of nitrogens with one attached hydrogen (secondary N) is 1. The summed E-state index contributed by atoms with van der Waals surface area (Å²) < 4.78 is 0. The second-order valence-electron chi connectivity index (χ2n) is 5.83. The maximum absolute atomic E-state index is 3.78. The molecule has 0 saturated heterocycles. The van der Waals surface area contributed by atoms with Crippen LogP contribution in [0.15, 0.2) is 0 Å². The van der Waals surface area contributed by atoms with Crippen LogP contribution in [0.2, 0.25) is 0 Å². The molecule has 1 N–H and O–H groups in total. The monoisotopic (exact) mass is 212 g/mol. The van der Waals surface area contributed by atoms with E-state index in [1.165, 1.54) is 19.3 Å². The summed E-state index contributed by atoms with van der Waals surface area (Å²) in [6.07, 6.45) is 4.16. The van der Waals surface area contributed by atoms with E-state index in [4.69, 9.17) is 0 Å². The van der Waals surface area contributed by atoms with Crippen molar-refractivity contribution >= 4 is 0 Å². The lowest BCUT2D eigenvalue weighted by molar-refractivity contribution is 0.205. The Kier molecular flexibility index (Phi) is 5.07. The summed E-state index contributed by atoms with van der Waals surface area (Å²) in [5, 5.41) is 3.78. The van der Waals surface area contributed by atoms with Crippen LogP contribution in [0, 0.1) is 11.8 Å². The van der Waals surface area contributed by atoms with Crippen LogP contribution in [0.1, 0.15) is 40.0 Å². The van der Waals surface area contributed by atoms with Crippen molar-refractivity contribution in [1.29, 1.82) is 0 Å². The Morgan fingerprint density at radius 2 is 1.93 bits per heavy atom.